The minimum Gasteiger partial charge on any atom is -0.342 e. The van der Waals surface area contributed by atoms with E-state index in [1.165, 1.54) is 5.56 Å². The molecule has 3 nitrogen and oxygen atoms in total. The van der Waals surface area contributed by atoms with Gasteiger partial charge in [-0.05, 0) is 61.8 Å². The van der Waals surface area contributed by atoms with E-state index in [9.17, 15) is 0 Å². The summed E-state index contributed by atoms with van der Waals surface area (Å²) < 4.78 is 0. The Hall–Kier alpha value is -1.91. The van der Waals surface area contributed by atoms with E-state index < -0.39 is 0 Å². The highest BCUT2D eigenvalue weighted by molar-refractivity contribution is 7.80. The van der Waals surface area contributed by atoms with Gasteiger partial charge in [0.15, 0.2) is 0 Å². The van der Waals surface area contributed by atoms with E-state index in [0.717, 1.165) is 42.9 Å². The maximum absolute atomic E-state index is 6.49. The first-order valence-corrected chi connectivity index (χ1v) is 9.40. The van der Waals surface area contributed by atoms with Crippen LogP contribution in [-0.4, -0.2) is 16.5 Å². The Bertz CT molecular complexity index is 856. The molecule has 2 aliphatic rings. The molecule has 5 heteroatoms. The second-order valence-corrected chi connectivity index (χ2v) is 7.54. The van der Waals surface area contributed by atoms with E-state index >= 15 is 0 Å². The number of nitrogens with zero attached hydrogens (tertiary/aromatic N) is 2. The van der Waals surface area contributed by atoms with Gasteiger partial charge in [0, 0.05) is 5.69 Å². The molecule has 1 aliphatic carbocycles. The van der Waals surface area contributed by atoms with E-state index in [1.54, 1.807) is 0 Å². The maximum Gasteiger partial charge on any atom is 0.202 e. The van der Waals surface area contributed by atoms with Crippen LogP contribution in [0.5, 0.6) is 0 Å². The highest BCUT2D eigenvalue weighted by Crippen LogP contribution is 2.45. The van der Waals surface area contributed by atoms with Crippen LogP contribution in [0.1, 0.15) is 31.2 Å². The van der Waals surface area contributed by atoms with Gasteiger partial charge in [-0.3, -0.25) is 0 Å². The van der Waals surface area contributed by atoms with Gasteiger partial charge in [0.25, 0.3) is 0 Å². The van der Waals surface area contributed by atoms with Crippen molar-refractivity contribution >= 4 is 46.1 Å². The Morgan fingerprint density at radius 1 is 1.12 bits per heavy atom. The van der Waals surface area contributed by atoms with Crippen LogP contribution in [0, 0.1) is 6.92 Å². The molecule has 2 aromatic rings. The number of aryl methyl sites for hydroxylation is 1. The fraction of sp³-hybridized carbons (Fsp3) is 0.300. The molecule has 1 saturated carbocycles. The summed E-state index contributed by atoms with van der Waals surface area (Å²) in [5, 5.41) is 4.84. The summed E-state index contributed by atoms with van der Waals surface area (Å²) >= 11 is 12.1. The van der Waals surface area contributed by atoms with Crippen LogP contribution < -0.4 is 10.2 Å². The molecule has 0 saturated heterocycles. The first-order chi connectivity index (χ1) is 12.1. The minimum atomic E-state index is -0.216. The van der Waals surface area contributed by atoms with Crippen molar-refractivity contribution in [3.63, 3.8) is 0 Å². The second-order valence-electron chi connectivity index (χ2n) is 6.76. The molecule has 0 unspecified atom stereocenters. The minimum absolute atomic E-state index is 0.216. The zero-order chi connectivity index (χ0) is 17.4. The lowest BCUT2D eigenvalue weighted by atomic mass is 9.93. The summed E-state index contributed by atoms with van der Waals surface area (Å²) in [5.74, 6) is 0.945. The number of benzene rings is 2. The van der Waals surface area contributed by atoms with Crippen LogP contribution in [0.15, 0.2) is 53.5 Å². The molecule has 128 valence electrons. The van der Waals surface area contributed by atoms with Crippen molar-refractivity contribution in [3.05, 3.63) is 59.1 Å². The molecule has 1 aliphatic heterocycles. The molecule has 0 radical (unpaired) electrons. The van der Waals surface area contributed by atoms with Crippen molar-refractivity contribution < 1.29 is 0 Å². The standard InChI is InChI=1S/C20H20ClN3S/c1-14-7-6-8-15(13-14)22-18-20(11-4-5-12-20)24(19(25)23-18)17-10-3-2-9-16(17)21/h2-3,6-10,13H,4-5,11-12H2,1H3,(H,22,23,25). The summed E-state index contributed by atoms with van der Waals surface area (Å²) in [6.45, 7) is 2.09. The molecule has 2 aromatic carbocycles. The van der Waals surface area contributed by atoms with Crippen LogP contribution in [0.4, 0.5) is 11.4 Å². The molecule has 1 fully saturated rings. The van der Waals surface area contributed by atoms with E-state index in [2.05, 4.69) is 41.4 Å². The zero-order valence-electron chi connectivity index (χ0n) is 14.1. The molecular weight excluding hydrogens is 350 g/mol. The largest absolute Gasteiger partial charge is 0.342 e. The number of halogens is 1. The van der Waals surface area contributed by atoms with Gasteiger partial charge in [0.05, 0.1) is 10.7 Å². The van der Waals surface area contributed by atoms with E-state index in [0.29, 0.717) is 10.1 Å². The number of anilines is 2. The molecular formula is C20H20ClN3S. The third-order valence-electron chi connectivity index (χ3n) is 5.07. The Morgan fingerprint density at radius 2 is 1.88 bits per heavy atom. The summed E-state index contributed by atoms with van der Waals surface area (Å²) in [7, 11) is 0. The summed E-state index contributed by atoms with van der Waals surface area (Å²) in [4.78, 5) is 6.91. The van der Waals surface area contributed by atoms with Crippen LogP contribution in [-0.2, 0) is 0 Å². The third-order valence-corrected chi connectivity index (χ3v) is 5.67. The predicted molar refractivity (Wildman–Crippen MR) is 110 cm³/mol. The first-order valence-electron chi connectivity index (χ1n) is 8.62. The molecule has 0 bridgehead atoms. The van der Waals surface area contributed by atoms with Gasteiger partial charge in [0.2, 0.25) is 5.11 Å². The highest BCUT2D eigenvalue weighted by atomic mass is 35.5. The molecule has 1 N–H and O–H groups in total. The lowest BCUT2D eigenvalue weighted by molar-refractivity contribution is 0.595. The van der Waals surface area contributed by atoms with Crippen LogP contribution >= 0.6 is 23.8 Å². The average Bonchev–Trinajstić information content (AvgIpc) is 3.16. The number of thiocarbonyl (C=S) groups is 1. The van der Waals surface area contributed by atoms with Crippen LogP contribution in [0.3, 0.4) is 0 Å². The monoisotopic (exact) mass is 369 g/mol. The van der Waals surface area contributed by atoms with Crippen LogP contribution in [0.25, 0.3) is 0 Å². The normalized spacial score (nSPS) is 18.7. The van der Waals surface area contributed by atoms with Crippen LogP contribution in [0.2, 0.25) is 5.02 Å². The highest BCUT2D eigenvalue weighted by Gasteiger charge is 2.50. The summed E-state index contributed by atoms with van der Waals surface area (Å²) in [6.07, 6.45) is 4.38. The number of hydrogen-bond donors (Lipinski definition) is 1. The number of rotatable bonds is 2. The SMILES string of the molecule is Cc1cccc(NC2=NC(=S)N(c3ccccc3Cl)C23CCCC3)c1. The van der Waals surface area contributed by atoms with Crippen molar-refractivity contribution in [3.8, 4) is 0 Å². The van der Waals surface area contributed by atoms with Gasteiger partial charge in [-0.15, -0.1) is 0 Å². The molecule has 0 aromatic heterocycles. The molecule has 1 spiro atoms. The van der Waals surface area contributed by atoms with Crippen molar-refractivity contribution in [1.29, 1.82) is 0 Å². The van der Waals surface area contributed by atoms with Crippen molar-refractivity contribution in [2.24, 2.45) is 4.99 Å². The predicted octanol–water partition coefficient (Wildman–Crippen LogP) is 5.58. The fourth-order valence-electron chi connectivity index (χ4n) is 3.93. The van der Waals surface area contributed by atoms with Gasteiger partial charge in [-0.2, -0.15) is 0 Å². The van der Waals surface area contributed by atoms with Crippen molar-refractivity contribution in [2.75, 3.05) is 10.2 Å². The number of nitrogens with one attached hydrogen (secondary N) is 1. The molecule has 25 heavy (non-hydrogen) atoms. The van der Waals surface area contributed by atoms with Crippen molar-refractivity contribution in [2.45, 2.75) is 38.1 Å². The third kappa shape index (κ3) is 2.83. The second kappa shape index (κ2) is 6.43. The quantitative estimate of drug-likeness (QED) is 0.700. The zero-order valence-corrected chi connectivity index (χ0v) is 15.7. The lowest BCUT2D eigenvalue weighted by Crippen LogP contribution is -2.52. The Morgan fingerprint density at radius 3 is 2.60 bits per heavy atom. The Labute approximate surface area is 158 Å². The topological polar surface area (TPSA) is 27.6 Å². The van der Waals surface area contributed by atoms with E-state index in [-0.39, 0.29) is 5.54 Å². The average molecular weight is 370 g/mol. The smallest absolute Gasteiger partial charge is 0.202 e. The molecule has 0 atom stereocenters. The molecule has 0 amide bonds. The summed E-state index contributed by atoms with van der Waals surface area (Å²) in [5.41, 5.74) is 3.00. The fourth-order valence-corrected chi connectivity index (χ4v) is 4.51. The number of aliphatic imine (C=N–C) groups is 1. The molecule has 4 rings (SSSR count). The van der Waals surface area contributed by atoms with Gasteiger partial charge >= 0.3 is 0 Å². The number of amidine groups is 1. The van der Waals surface area contributed by atoms with Gasteiger partial charge in [-0.1, -0.05) is 48.7 Å². The van der Waals surface area contributed by atoms with Crippen molar-refractivity contribution in [1.82, 2.24) is 0 Å². The molecule has 1 heterocycles. The summed E-state index contributed by atoms with van der Waals surface area (Å²) in [6, 6.07) is 16.2. The van der Waals surface area contributed by atoms with Gasteiger partial charge in [-0.25, -0.2) is 4.99 Å². The lowest BCUT2D eigenvalue weighted by Gasteiger charge is -2.37. The number of para-hydroxylation sites is 1. The Balaban J connectivity index is 1.74. The maximum atomic E-state index is 6.49. The van der Waals surface area contributed by atoms with Gasteiger partial charge < -0.3 is 10.2 Å². The first kappa shape index (κ1) is 16.6. The van der Waals surface area contributed by atoms with E-state index in [1.807, 2.05) is 24.3 Å². The number of hydrogen-bond acceptors (Lipinski definition) is 2. The Kier molecular flexibility index (Phi) is 4.26. The van der Waals surface area contributed by atoms with Gasteiger partial charge in [0.1, 0.15) is 11.4 Å². The van der Waals surface area contributed by atoms with E-state index in [4.69, 9.17) is 28.8 Å².